The maximum atomic E-state index is 2.28. The Balaban J connectivity index is 0.00000180. The minimum Gasteiger partial charge on any atom is -0.0999 e. The molecule has 0 aliphatic heterocycles. The van der Waals surface area contributed by atoms with Gasteiger partial charge in [0.1, 0.15) is 0 Å². The maximum absolute atomic E-state index is 2.28. The van der Waals surface area contributed by atoms with Gasteiger partial charge in [0.05, 0.1) is 0 Å². The zero-order valence-corrected chi connectivity index (χ0v) is 15.5. The van der Waals surface area contributed by atoms with E-state index in [-0.39, 0.29) is 24.8 Å². The molecule has 0 fully saturated rings. The van der Waals surface area contributed by atoms with E-state index in [1.54, 1.807) is 0 Å². The van der Waals surface area contributed by atoms with E-state index in [1.165, 1.54) is 39.3 Å². The van der Waals surface area contributed by atoms with Crippen LogP contribution in [0.4, 0.5) is 0 Å². The van der Waals surface area contributed by atoms with Crippen molar-refractivity contribution in [1.82, 2.24) is 0 Å². The average Bonchev–Trinajstić information content (AvgIpc) is 2.73. The standard InChI is InChI=1S/C26H19.Li/c1-3-11-19(12-4-1)25-21-15-7-9-17-23(21)26(20-13-5-2-6-14-20)24-18-10-8-16-22(24)25;/h1-18,25H;/q-1;+1. The molecule has 0 nitrogen and oxygen atoms in total. The summed E-state index contributed by atoms with van der Waals surface area (Å²) < 4.78 is 0. The predicted molar refractivity (Wildman–Crippen MR) is 107 cm³/mol. The summed E-state index contributed by atoms with van der Waals surface area (Å²) in [6, 6.07) is 39.3. The summed E-state index contributed by atoms with van der Waals surface area (Å²) in [5, 5.41) is 0. The second-order valence-corrected chi connectivity index (χ2v) is 6.76. The van der Waals surface area contributed by atoms with E-state index in [0.29, 0.717) is 0 Å². The molecule has 4 aromatic rings. The van der Waals surface area contributed by atoms with Crippen molar-refractivity contribution < 1.29 is 18.9 Å². The third-order valence-corrected chi connectivity index (χ3v) is 5.28. The summed E-state index contributed by atoms with van der Waals surface area (Å²) in [5.41, 5.74) is 8.07. The molecule has 0 N–H and O–H groups in total. The van der Waals surface area contributed by atoms with Gasteiger partial charge in [-0.2, -0.15) is 0 Å². The van der Waals surface area contributed by atoms with Gasteiger partial charge in [0, 0.05) is 0 Å². The van der Waals surface area contributed by atoms with Gasteiger partial charge in [0.15, 0.2) is 0 Å². The third kappa shape index (κ3) is 3.02. The fourth-order valence-electron chi connectivity index (χ4n) is 4.19. The topological polar surface area (TPSA) is 0 Å². The minimum absolute atomic E-state index is 0. The minimum atomic E-state index is 0. The van der Waals surface area contributed by atoms with Gasteiger partial charge in [-0.3, -0.25) is 0 Å². The van der Waals surface area contributed by atoms with E-state index in [9.17, 15) is 0 Å². The second kappa shape index (κ2) is 7.53. The maximum Gasteiger partial charge on any atom is 1.00 e. The Morgan fingerprint density at radius 2 is 0.926 bits per heavy atom. The van der Waals surface area contributed by atoms with Crippen molar-refractivity contribution in [2.24, 2.45) is 0 Å². The van der Waals surface area contributed by atoms with E-state index in [2.05, 4.69) is 109 Å². The number of fused-ring (bicyclic) bond motifs is 2. The molecular weight excluding hydrogens is 319 g/mol. The fraction of sp³-hybridized carbons (Fsp3) is 0.0385. The second-order valence-electron chi connectivity index (χ2n) is 6.76. The summed E-state index contributed by atoms with van der Waals surface area (Å²) in [4.78, 5) is 0. The van der Waals surface area contributed by atoms with Gasteiger partial charge in [-0.15, -0.1) is 0 Å². The summed E-state index contributed by atoms with van der Waals surface area (Å²) >= 11 is 0. The van der Waals surface area contributed by atoms with Crippen LogP contribution < -0.4 is 18.9 Å². The molecule has 1 heteroatoms. The monoisotopic (exact) mass is 338 g/mol. The molecule has 0 spiro atoms. The normalized spacial score (nSPS) is 12.7. The molecule has 0 bridgehead atoms. The molecule has 0 amide bonds. The van der Waals surface area contributed by atoms with Crippen LogP contribution in [0, 0.1) is 5.92 Å². The first-order valence-corrected chi connectivity index (χ1v) is 9.09. The largest absolute Gasteiger partial charge is 1.00 e. The zero-order chi connectivity index (χ0) is 17.3. The molecule has 124 valence electrons. The average molecular weight is 338 g/mol. The van der Waals surface area contributed by atoms with Gasteiger partial charge in [-0.25, -0.2) is 0 Å². The van der Waals surface area contributed by atoms with Gasteiger partial charge >= 0.3 is 18.9 Å². The Morgan fingerprint density at radius 1 is 0.481 bits per heavy atom. The molecular formula is C26H19Li. The van der Waals surface area contributed by atoms with E-state index >= 15 is 0 Å². The Kier molecular flexibility index (Phi) is 4.95. The molecule has 0 saturated carbocycles. The van der Waals surface area contributed by atoms with Gasteiger partial charge in [0.25, 0.3) is 0 Å². The Morgan fingerprint density at radius 3 is 1.48 bits per heavy atom. The SMILES string of the molecule is [Li+].c1ccc([C-]2c3ccccc3C(c3ccccc3)c3ccccc32)cc1. The van der Waals surface area contributed by atoms with Gasteiger partial charge in [0.2, 0.25) is 0 Å². The van der Waals surface area contributed by atoms with E-state index in [0.717, 1.165) is 0 Å². The van der Waals surface area contributed by atoms with E-state index in [1.807, 2.05) is 0 Å². The first-order valence-electron chi connectivity index (χ1n) is 9.09. The summed E-state index contributed by atoms with van der Waals surface area (Å²) in [6.07, 6.45) is 0. The van der Waals surface area contributed by atoms with Crippen LogP contribution in [0.5, 0.6) is 0 Å². The van der Waals surface area contributed by atoms with E-state index in [4.69, 9.17) is 0 Å². The van der Waals surface area contributed by atoms with E-state index < -0.39 is 0 Å². The van der Waals surface area contributed by atoms with Crippen molar-refractivity contribution in [3.05, 3.63) is 148 Å². The van der Waals surface area contributed by atoms with Crippen LogP contribution in [0.2, 0.25) is 0 Å². The van der Waals surface area contributed by atoms with Crippen LogP contribution in [-0.4, -0.2) is 0 Å². The van der Waals surface area contributed by atoms with Crippen molar-refractivity contribution in [2.45, 2.75) is 5.92 Å². The molecule has 5 rings (SSSR count). The summed E-state index contributed by atoms with van der Waals surface area (Å²) in [6.45, 7) is 0. The molecule has 1 aliphatic rings. The predicted octanol–water partition coefficient (Wildman–Crippen LogP) is 3.20. The third-order valence-electron chi connectivity index (χ3n) is 5.28. The first kappa shape index (κ1) is 17.7. The van der Waals surface area contributed by atoms with Crippen molar-refractivity contribution in [3.8, 4) is 0 Å². The van der Waals surface area contributed by atoms with Crippen molar-refractivity contribution in [3.63, 3.8) is 0 Å². The van der Waals surface area contributed by atoms with Crippen molar-refractivity contribution >= 4 is 0 Å². The van der Waals surface area contributed by atoms with Gasteiger partial charge in [-0.05, 0) is 11.5 Å². The Hall–Kier alpha value is -2.65. The number of hydrogen-bond donors (Lipinski definition) is 0. The first-order chi connectivity index (χ1) is 12.9. The zero-order valence-electron chi connectivity index (χ0n) is 15.5. The van der Waals surface area contributed by atoms with Crippen LogP contribution >= 0.6 is 0 Å². The molecule has 0 atom stereocenters. The molecule has 27 heavy (non-hydrogen) atoms. The van der Waals surface area contributed by atoms with Crippen LogP contribution in [0.25, 0.3) is 0 Å². The van der Waals surface area contributed by atoms with Gasteiger partial charge < -0.3 is 0 Å². The number of benzene rings is 4. The van der Waals surface area contributed by atoms with Crippen LogP contribution in [-0.2, 0) is 0 Å². The van der Waals surface area contributed by atoms with Crippen molar-refractivity contribution in [2.75, 3.05) is 0 Å². The number of rotatable bonds is 2. The molecule has 1 aliphatic carbocycles. The quantitative estimate of drug-likeness (QED) is 0.343. The van der Waals surface area contributed by atoms with Crippen LogP contribution in [0.15, 0.2) is 109 Å². The fourth-order valence-corrected chi connectivity index (χ4v) is 4.19. The molecule has 0 radical (unpaired) electrons. The molecule has 0 aromatic heterocycles. The van der Waals surface area contributed by atoms with Crippen LogP contribution in [0.3, 0.4) is 0 Å². The summed E-state index contributed by atoms with van der Waals surface area (Å²) in [7, 11) is 0. The van der Waals surface area contributed by atoms with Crippen LogP contribution in [0.1, 0.15) is 39.3 Å². The molecule has 0 saturated heterocycles. The molecule has 4 aromatic carbocycles. The Labute approximate surface area is 173 Å². The van der Waals surface area contributed by atoms with Gasteiger partial charge in [-0.1, -0.05) is 143 Å². The Bertz CT molecular complexity index is 905. The smallest absolute Gasteiger partial charge is 0.0999 e. The summed E-state index contributed by atoms with van der Waals surface area (Å²) in [5.74, 6) is 1.61. The molecule has 0 heterocycles. The van der Waals surface area contributed by atoms with Crippen molar-refractivity contribution in [1.29, 1.82) is 0 Å². The molecule has 0 unspecified atom stereocenters. The number of hydrogen-bond acceptors (Lipinski definition) is 0.